The lowest BCUT2D eigenvalue weighted by Gasteiger charge is -2.17. The minimum Gasteiger partial charge on any atom is -0.493 e. The van der Waals surface area contributed by atoms with Gasteiger partial charge in [0.25, 0.3) is 0 Å². The highest BCUT2D eigenvalue weighted by Crippen LogP contribution is 2.42. The van der Waals surface area contributed by atoms with Crippen molar-refractivity contribution in [2.24, 2.45) is 5.92 Å². The summed E-state index contributed by atoms with van der Waals surface area (Å²) in [4.78, 5) is 34.3. The fraction of sp³-hybridized carbons (Fsp3) is 0.350. The van der Waals surface area contributed by atoms with Crippen molar-refractivity contribution in [2.45, 2.75) is 6.42 Å². The number of likely N-dealkylation sites (N-methyl/N-ethyl adjacent to an activating group) is 1. The summed E-state index contributed by atoms with van der Waals surface area (Å²) in [7, 11) is 3.34. The fourth-order valence-electron chi connectivity index (χ4n) is 3.79. The highest BCUT2D eigenvalue weighted by Gasteiger charge is 2.34. The number of carbonyl (C=O) groups is 2. The standard InChI is InChI=1S/C20H22ClN5O3/c1-22-5-6-26-10-11(7-16(26)27)20(28)25-18-17-13(8-14(21)19(18)29-2)12-3-4-23-9-15(12)24-17/h3-4,8-9,11,22,24H,5-7,10H2,1-2H3,(H,25,28). The number of likely N-dealkylation sites (tertiary alicyclic amines) is 1. The number of hydrogen-bond donors (Lipinski definition) is 3. The number of pyridine rings is 1. The molecule has 1 aliphatic rings. The van der Waals surface area contributed by atoms with Gasteiger partial charge in [0.1, 0.15) is 5.69 Å². The van der Waals surface area contributed by atoms with Crippen LogP contribution in [0, 0.1) is 5.92 Å². The summed E-state index contributed by atoms with van der Waals surface area (Å²) in [5.41, 5.74) is 2.01. The maximum Gasteiger partial charge on any atom is 0.229 e. The zero-order chi connectivity index (χ0) is 20.5. The number of aromatic nitrogens is 2. The minimum atomic E-state index is -0.427. The lowest BCUT2D eigenvalue weighted by atomic mass is 10.1. The summed E-state index contributed by atoms with van der Waals surface area (Å²) >= 11 is 6.44. The number of halogens is 1. The molecule has 2 aromatic heterocycles. The molecule has 3 N–H and O–H groups in total. The first-order chi connectivity index (χ1) is 14.0. The van der Waals surface area contributed by atoms with E-state index in [0.717, 1.165) is 16.3 Å². The molecule has 0 spiro atoms. The van der Waals surface area contributed by atoms with Crippen molar-refractivity contribution in [3.8, 4) is 5.75 Å². The second kappa shape index (κ2) is 7.88. The maximum atomic E-state index is 13.0. The number of amides is 2. The molecule has 0 saturated carbocycles. The zero-order valence-electron chi connectivity index (χ0n) is 16.2. The third kappa shape index (κ3) is 3.49. The largest absolute Gasteiger partial charge is 0.493 e. The Hall–Kier alpha value is -2.84. The van der Waals surface area contributed by atoms with Crippen LogP contribution in [0.4, 0.5) is 5.69 Å². The third-order valence-corrected chi connectivity index (χ3v) is 5.56. The van der Waals surface area contributed by atoms with Crippen LogP contribution >= 0.6 is 11.6 Å². The Kier molecular flexibility index (Phi) is 5.29. The van der Waals surface area contributed by atoms with Gasteiger partial charge in [0, 0.05) is 43.0 Å². The first kappa shape index (κ1) is 19.5. The summed E-state index contributed by atoms with van der Waals surface area (Å²) in [6.45, 7) is 1.67. The summed E-state index contributed by atoms with van der Waals surface area (Å²) < 4.78 is 5.47. The number of H-pyrrole nitrogens is 1. The Labute approximate surface area is 172 Å². The number of nitrogens with zero attached hydrogens (tertiary/aromatic N) is 2. The molecule has 1 aliphatic heterocycles. The van der Waals surface area contributed by atoms with E-state index in [4.69, 9.17) is 16.3 Å². The van der Waals surface area contributed by atoms with Gasteiger partial charge < -0.3 is 25.3 Å². The van der Waals surface area contributed by atoms with E-state index in [2.05, 4.69) is 20.6 Å². The van der Waals surface area contributed by atoms with Crippen molar-refractivity contribution < 1.29 is 14.3 Å². The van der Waals surface area contributed by atoms with E-state index >= 15 is 0 Å². The molecule has 0 bridgehead atoms. The van der Waals surface area contributed by atoms with Crippen molar-refractivity contribution in [3.63, 3.8) is 0 Å². The molecule has 1 aromatic carbocycles. The Morgan fingerprint density at radius 2 is 2.28 bits per heavy atom. The van der Waals surface area contributed by atoms with Crippen LogP contribution in [0.1, 0.15) is 6.42 Å². The predicted molar refractivity (Wildman–Crippen MR) is 112 cm³/mol. The van der Waals surface area contributed by atoms with E-state index in [1.807, 2.05) is 19.2 Å². The highest BCUT2D eigenvalue weighted by atomic mass is 35.5. The quantitative estimate of drug-likeness (QED) is 0.574. The number of methoxy groups -OCH3 is 1. The number of rotatable bonds is 6. The Morgan fingerprint density at radius 1 is 1.45 bits per heavy atom. The molecule has 3 heterocycles. The normalized spacial score (nSPS) is 16.7. The number of benzene rings is 1. The van der Waals surface area contributed by atoms with Crippen molar-refractivity contribution in [1.82, 2.24) is 20.2 Å². The number of ether oxygens (including phenoxy) is 1. The first-order valence-electron chi connectivity index (χ1n) is 9.38. The average Bonchev–Trinajstić information content (AvgIpc) is 3.27. The predicted octanol–water partition coefficient (Wildman–Crippen LogP) is 2.38. The van der Waals surface area contributed by atoms with Crippen molar-refractivity contribution in [2.75, 3.05) is 39.1 Å². The smallest absolute Gasteiger partial charge is 0.229 e. The van der Waals surface area contributed by atoms with E-state index in [0.29, 0.717) is 41.6 Å². The van der Waals surface area contributed by atoms with Gasteiger partial charge in [0.05, 0.1) is 35.3 Å². The number of hydrogen-bond acceptors (Lipinski definition) is 5. The fourth-order valence-corrected chi connectivity index (χ4v) is 4.07. The van der Waals surface area contributed by atoms with E-state index in [9.17, 15) is 9.59 Å². The van der Waals surface area contributed by atoms with E-state index in [1.54, 1.807) is 17.3 Å². The Balaban J connectivity index is 1.68. The molecule has 1 atom stereocenters. The number of fused-ring (bicyclic) bond motifs is 3. The van der Waals surface area contributed by atoms with Gasteiger partial charge in [0.15, 0.2) is 5.75 Å². The van der Waals surface area contributed by atoms with Gasteiger partial charge in [-0.3, -0.25) is 14.6 Å². The lowest BCUT2D eigenvalue weighted by Crippen LogP contribution is -2.33. The van der Waals surface area contributed by atoms with Crippen molar-refractivity contribution >= 4 is 50.9 Å². The number of anilines is 1. The van der Waals surface area contributed by atoms with Gasteiger partial charge in [-0.2, -0.15) is 0 Å². The number of nitrogens with one attached hydrogen (secondary N) is 3. The molecule has 1 saturated heterocycles. The van der Waals surface area contributed by atoms with Crippen LogP contribution in [0.3, 0.4) is 0 Å². The molecule has 0 aliphatic carbocycles. The van der Waals surface area contributed by atoms with Gasteiger partial charge in [-0.1, -0.05) is 11.6 Å². The molecule has 9 heteroatoms. The summed E-state index contributed by atoms with van der Waals surface area (Å²) in [6.07, 6.45) is 3.62. The monoisotopic (exact) mass is 415 g/mol. The van der Waals surface area contributed by atoms with Crippen LogP contribution in [0.15, 0.2) is 24.5 Å². The molecule has 152 valence electrons. The van der Waals surface area contributed by atoms with Crippen LogP contribution in [-0.4, -0.2) is 60.5 Å². The van der Waals surface area contributed by atoms with Gasteiger partial charge in [-0.05, 0) is 19.2 Å². The van der Waals surface area contributed by atoms with Crippen molar-refractivity contribution in [3.05, 3.63) is 29.5 Å². The lowest BCUT2D eigenvalue weighted by molar-refractivity contribution is -0.128. The van der Waals surface area contributed by atoms with Gasteiger partial charge in [0.2, 0.25) is 11.8 Å². The maximum absolute atomic E-state index is 13.0. The summed E-state index contributed by atoms with van der Waals surface area (Å²) in [5, 5.41) is 8.17. The molecule has 29 heavy (non-hydrogen) atoms. The molecule has 4 rings (SSSR count). The van der Waals surface area contributed by atoms with E-state index in [1.165, 1.54) is 7.11 Å². The van der Waals surface area contributed by atoms with Crippen LogP contribution in [0.25, 0.3) is 21.8 Å². The number of aromatic amines is 1. The van der Waals surface area contributed by atoms with E-state index < -0.39 is 5.92 Å². The molecule has 1 fully saturated rings. The Morgan fingerprint density at radius 3 is 3.03 bits per heavy atom. The van der Waals surface area contributed by atoms with Crippen LogP contribution < -0.4 is 15.4 Å². The van der Waals surface area contributed by atoms with E-state index in [-0.39, 0.29) is 18.2 Å². The van der Waals surface area contributed by atoms with Gasteiger partial charge in [-0.15, -0.1) is 0 Å². The number of carbonyl (C=O) groups excluding carboxylic acids is 2. The van der Waals surface area contributed by atoms with Gasteiger partial charge in [-0.25, -0.2) is 0 Å². The molecule has 8 nitrogen and oxygen atoms in total. The van der Waals surface area contributed by atoms with Crippen LogP contribution in [-0.2, 0) is 9.59 Å². The highest BCUT2D eigenvalue weighted by molar-refractivity contribution is 6.35. The van der Waals surface area contributed by atoms with Crippen LogP contribution in [0.5, 0.6) is 5.75 Å². The van der Waals surface area contributed by atoms with Gasteiger partial charge >= 0.3 is 0 Å². The molecule has 3 aromatic rings. The topological polar surface area (TPSA) is 99.4 Å². The summed E-state index contributed by atoms with van der Waals surface area (Å²) in [5.74, 6) is -0.295. The molecule has 0 radical (unpaired) electrons. The molecule has 2 amide bonds. The second-order valence-corrected chi connectivity index (χ2v) is 7.48. The first-order valence-corrected chi connectivity index (χ1v) is 9.76. The molecule has 1 unspecified atom stereocenters. The van der Waals surface area contributed by atoms with Crippen LogP contribution in [0.2, 0.25) is 5.02 Å². The average molecular weight is 416 g/mol. The minimum absolute atomic E-state index is 0.0136. The molecular weight excluding hydrogens is 394 g/mol. The zero-order valence-corrected chi connectivity index (χ0v) is 17.0. The SMILES string of the molecule is CNCCN1CC(C(=O)Nc2c(OC)c(Cl)cc3c2[nH]c2cnccc23)CC1=O. The molecular formula is C20H22ClN5O3. The third-order valence-electron chi connectivity index (χ3n) is 5.27. The van der Waals surface area contributed by atoms with Crippen molar-refractivity contribution in [1.29, 1.82) is 0 Å². The summed E-state index contributed by atoms with van der Waals surface area (Å²) in [6, 6.07) is 3.70. The second-order valence-electron chi connectivity index (χ2n) is 7.07. The Bertz CT molecular complexity index is 1100.